The minimum Gasteiger partial charge on any atom is -0.478 e. The van der Waals surface area contributed by atoms with Crippen molar-refractivity contribution in [3.8, 4) is 16.9 Å². The van der Waals surface area contributed by atoms with Crippen molar-refractivity contribution in [1.29, 1.82) is 0 Å². The molecule has 0 fully saturated rings. The number of carbonyl (C=O) groups excluding carboxylic acids is 1. The lowest BCUT2D eigenvalue weighted by Gasteiger charge is -2.17. The Balaban J connectivity index is 1.38. The van der Waals surface area contributed by atoms with Gasteiger partial charge >= 0.3 is 5.97 Å². The van der Waals surface area contributed by atoms with E-state index in [2.05, 4.69) is 36.1 Å². The number of hydrogen-bond donors (Lipinski definition) is 4. The lowest BCUT2D eigenvalue weighted by molar-refractivity contribution is -0.117. The standard InChI is InChI=1S/C26H25ClN8O3/c27-18-7-9-23(35-15-30-33-34-35)16(12-18)6-10-24(36)31-20-4-2-1-3-11-28-21-13-17(26(37)38)5-8-19(21)22-14-29-25(20)32-22/h5-10,12-15,20,28H,1-4,11H2,(H,29,32)(H,31,36)(H,37,38)/b10-6+/t20-/m0/s1. The molecule has 2 bridgehead atoms. The van der Waals surface area contributed by atoms with Gasteiger partial charge in [0, 0.05) is 34.5 Å². The van der Waals surface area contributed by atoms with E-state index < -0.39 is 5.97 Å². The second-order valence-corrected chi connectivity index (χ2v) is 9.31. The first kappa shape index (κ1) is 25.2. The molecular weight excluding hydrogens is 508 g/mol. The van der Waals surface area contributed by atoms with E-state index in [1.165, 1.54) is 17.1 Å². The monoisotopic (exact) mass is 532 g/mol. The molecule has 5 rings (SSSR count). The van der Waals surface area contributed by atoms with E-state index in [1.807, 2.05) is 0 Å². The molecule has 11 nitrogen and oxygen atoms in total. The van der Waals surface area contributed by atoms with Crippen LogP contribution in [0.2, 0.25) is 5.02 Å². The summed E-state index contributed by atoms with van der Waals surface area (Å²) in [6.07, 6.45) is 9.73. The highest BCUT2D eigenvalue weighted by Gasteiger charge is 2.19. The number of rotatable bonds is 5. The first-order chi connectivity index (χ1) is 18.5. The number of hydrogen-bond acceptors (Lipinski definition) is 7. The van der Waals surface area contributed by atoms with E-state index in [0.29, 0.717) is 35.1 Å². The second-order valence-electron chi connectivity index (χ2n) is 8.88. The van der Waals surface area contributed by atoms with Gasteiger partial charge in [-0.15, -0.1) is 5.10 Å². The van der Waals surface area contributed by atoms with E-state index >= 15 is 0 Å². The summed E-state index contributed by atoms with van der Waals surface area (Å²) in [4.78, 5) is 32.3. The van der Waals surface area contributed by atoms with Crippen LogP contribution in [0.5, 0.6) is 0 Å². The zero-order chi connectivity index (χ0) is 26.5. The molecule has 1 aliphatic rings. The highest BCUT2D eigenvalue weighted by Crippen LogP contribution is 2.30. The van der Waals surface area contributed by atoms with Gasteiger partial charge in [0.05, 0.1) is 29.2 Å². The van der Waals surface area contributed by atoms with Crippen LogP contribution >= 0.6 is 11.6 Å². The molecule has 0 spiro atoms. The molecule has 1 amide bonds. The predicted octanol–water partition coefficient (Wildman–Crippen LogP) is 4.26. The molecule has 0 unspecified atom stereocenters. The van der Waals surface area contributed by atoms with Gasteiger partial charge in [-0.05, 0) is 65.7 Å². The van der Waals surface area contributed by atoms with Crippen LogP contribution in [0.15, 0.2) is 55.0 Å². The number of nitrogens with zero attached hydrogens (tertiary/aromatic N) is 5. The van der Waals surface area contributed by atoms with Crippen LogP contribution in [0, 0.1) is 0 Å². The van der Waals surface area contributed by atoms with E-state index in [9.17, 15) is 14.7 Å². The first-order valence-corrected chi connectivity index (χ1v) is 12.5. The smallest absolute Gasteiger partial charge is 0.335 e. The summed E-state index contributed by atoms with van der Waals surface area (Å²) in [6, 6.07) is 9.88. The number of amides is 1. The number of benzene rings is 2. The maximum absolute atomic E-state index is 13.0. The van der Waals surface area contributed by atoms with Gasteiger partial charge in [0.1, 0.15) is 12.2 Å². The highest BCUT2D eigenvalue weighted by atomic mass is 35.5. The lowest BCUT2D eigenvalue weighted by Crippen LogP contribution is -2.27. The van der Waals surface area contributed by atoms with Crippen molar-refractivity contribution in [2.45, 2.75) is 31.7 Å². The number of halogens is 1. The lowest BCUT2D eigenvalue weighted by atomic mass is 10.0. The average molecular weight is 533 g/mol. The number of aromatic amines is 1. The van der Waals surface area contributed by atoms with E-state index in [4.69, 9.17) is 11.6 Å². The molecule has 2 aromatic carbocycles. The van der Waals surface area contributed by atoms with Gasteiger partial charge < -0.3 is 20.7 Å². The number of aromatic nitrogens is 6. The maximum atomic E-state index is 13.0. The quantitative estimate of drug-likeness (QED) is 0.278. The van der Waals surface area contributed by atoms with Crippen molar-refractivity contribution in [3.05, 3.63) is 77.0 Å². The van der Waals surface area contributed by atoms with Crippen LogP contribution in [0.25, 0.3) is 23.0 Å². The van der Waals surface area contributed by atoms with Crippen molar-refractivity contribution >= 4 is 35.2 Å². The van der Waals surface area contributed by atoms with Crippen molar-refractivity contribution < 1.29 is 14.7 Å². The molecule has 12 heteroatoms. The molecule has 0 radical (unpaired) electrons. The Morgan fingerprint density at radius 1 is 1.16 bits per heavy atom. The molecule has 0 saturated carbocycles. The van der Waals surface area contributed by atoms with Crippen LogP contribution < -0.4 is 10.6 Å². The predicted molar refractivity (Wildman–Crippen MR) is 142 cm³/mol. The fourth-order valence-corrected chi connectivity index (χ4v) is 4.56. The number of H-pyrrole nitrogens is 1. The van der Waals surface area contributed by atoms with E-state index in [-0.39, 0.29) is 17.5 Å². The minimum absolute atomic E-state index is 0.211. The normalized spacial score (nSPS) is 15.7. The molecule has 3 heterocycles. The molecule has 0 aliphatic carbocycles. The Morgan fingerprint density at radius 2 is 2.05 bits per heavy atom. The van der Waals surface area contributed by atoms with Crippen molar-refractivity contribution in [1.82, 2.24) is 35.5 Å². The van der Waals surface area contributed by atoms with Crippen LogP contribution in [-0.4, -0.2) is 53.7 Å². The Bertz CT molecular complexity index is 1480. The minimum atomic E-state index is -0.982. The average Bonchev–Trinajstić information content (AvgIpc) is 3.61. The molecule has 0 saturated heterocycles. The number of anilines is 1. The molecule has 194 valence electrons. The van der Waals surface area contributed by atoms with Crippen molar-refractivity contribution in [2.75, 3.05) is 11.9 Å². The fourth-order valence-electron chi connectivity index (χ4n) is 4.38. The number of imidazole rings is 1. The third kappa shape index (κ3) is 5.73. The molecular formula is C26H25ClN8O3. The van der Waals surface area contributed by atoms with Crippen molar-refractivity contribution in [2.24, 2.45) is 0 Å². The number of tetrazole rings is 1. The molecule has 2 aromatic heterocycles. The molecule has 4 N–H and O–H groups in total. The number of carboxylic acids is 1. The topological polar surface area (TPSA) is 151 Å². The van der Waals surface area contributed by atoms with Crippen LogP contribution in [-0.2, 0) is 4.79 Å². The molecule has 1 atom stereocenters. The number of carbonyl (C=O) groups is 2. The molecule has 38 heavy (non-hydrogen) atoms. The second kappa shape index (κ2) is 11.3. The van der Waals surface area contributed by atoms with Gasteiger partial charge in [0.25, 0.3) is 0 Å². The number of carboxylic acid groups (broad SMARTS) is 1. The third-order valence-corrected chi connectivity index (χ3v) is 6.52. The Kier molecular flexibility index (Phi) is 7.45. The zero-order valence-electron chi connectivity index (χ0n) is 20.3. The third-order valence-electron chi connectivity index (χ3n) is 6.28. The van der Waals surface area contributed by atoms with Gasteiger partial charge in [0.15, 0.2) is 0 Å². The van der Waals surface area contributed by atoms with Crippen LogP contribution in [0.3, 0.4) is 0 Å². The first-order valence-electron chi connectivity index (χ1n) is 12.2. The van der Waals surface area contributed by atoms with Crippen molar-refractivity contribution in [3.63, 3.8) is 0 Å². The van der Waals surface area contributed by atoms with Crippen LogP contribution in [0.1, 0.15) is 53.5 Å². The SMILES string of the molecule is O=C(/C=C/c1cc(Cl)ccc1-n1cnnn1)N[C@H]1CCCCCNc2cc(C(=O)O)ccc2-c2cnc1[nH]2. The Labute approximate surface area is 222 Å². The number of nitrogens with one attached hydrogen (secondary N) is 3. The van der Waals surface area contributed by atoms with Crippen LogP contribution in [0.4, 0.5) is 5.69 Å². The highest BCUT2D eigenvalue weighted by molar-refractivity contribution is 6.30. The summed E-state index contributed by atoms with van der Waals surface area (Å²) < 4.78 is 1.50. The molecule has 1 aliphatic heterocycles. The van der Waals surface area contributed by atoms with E-state index in [0.717, 1.165) is 36.2 Å². The Hall–Kier alpha value is -4.51. The fraction of sp³-hybridized carbons (Fsp3) is 0.231. The zero-order valence-corrected chi connectivity index (χ0v) is 21.0. The van der Waals surface area contributed by atoms with Gasteiger partial charge in [-0.3, -0.25) is 4.79 Å². The van der Waals surface area contributed by atoms with Gasteiger partial charge in [-0.2, -0.15) is 4.68 Å². The summed E-state index contributed by atoms with van der Waals surface area (Å²) in [5, 5.41) is 27.6. The largest absolute Gasteiger partial charge is 0.478 e. The molecule has 4 aromatic rings. The summed E-state index contributed by atoms with van der Waals surface area (Å²) in [5.74, 6) is -0.631. The summed E-state index contributed by atoms with van der Waals surface area (Å²) in [7, 11) is 0. The summed E-state index contributed by atoms with van der Waals surface area (Å²) >= 11 is 6.18. The Morgan fingerprint density at radius 3 is 2.87 bits per heavy atom. The maximum Gasteiger partial charge on any atom is 0.335 e. The van der Waals surface area contributed by atoms with Gasteiger partial charge in [-0.1, -0.05) is 24.4 Å². The number of aromatic carboxylic acids is 1. The van der Waals surface area contributed by atoms with Gasteiger partial charge in [-0.25, -0.2) is 9.78 Å². The van der Waals surface area contributed by atoms with E-state index in [1.54, 1.807) is 48.7 Å². The number of fused-ring (bicyclic) bond motifs is 4. The van der Waals surface area contributed by atoms with Gasteiger partial charge in [0.2, 0.25) is 5.91 Å². The summed E-state index contributed by atoms with van der Waals surface area (Å²) in [6.45, 7) is 0.708. The summed E-state index contributed by atoms with van der Waals surface area (Å²) in [5.41, 5.74) is 3.86.